The van der Waals surface area contributed by atoms with Crippen molar-refractivity contribution in [1.82, 2.24) is 10.3 Å². The molecule has 0 aliphatic rings. The Morgan fingerprint density at radius 3 is 2.81 bits per heavy atom. The van der Waals surface area contributed by atoms with Crippen molar-refractivity contribution in [1.29, 1.82) is 0 Å². The molecule has 1 aromatic heterocycles. The van der Waals surface area contributed by atoms with Crippen LogP contribution in [0.5, 0.6) is 0 Å². The Labute approximate surface area is 128 Å². The Kier molecular flexibility index (Phi) is 4.54. The van der Waals surface area contributed by atoms with Crippen LogP contribution in [0.3, 0.4) is 0 Å². The fourth-order valence-electron chi connectivity index (χ4n) is 1.66. The average molecular weight is 329 g/mol. The molecule has 0 bridgehead atoms. The molecule has 0 unspecified atom stereocenters. The summed E-state index contributed by atoms with van der Waals surface area (Å²) in [5, 5.41) is 11.6. The molecule has 5 nitrogen and oxygen atoms in total. The lowest BCUT2D eigenvalue weighted by Crippen LogP contribution is -2.23. The number of halogens is 2. The van der Waals surface area contributed by atoms with E-state index in [1.165, 1.54) is 12.1 Å². The number of amides is 1. The van der Waals surface area contributed by atoms with E-state index in [0.29, 0.717) is 10.7 Å². The minimum atomic E-state index is -1.06. The monoisotopic (exact) mass is 328 g/mol. The number of carboxylic acids is 1. The van der Waals surface area contributed by atoms with Gasteiger partial charge >= 0.3 is 5.97 Å². The van der Waals surface area contributed by atoms with Crippen LogP contribution in [0.2, 0.25) is 5.02 Å². The molecule has 0 saturated carbocycles. The quantitative estimate of drug-likeness (QED) is 0.904. The number of carboxylic acid groups (broad SMARTS) is 1. The first-order valence-corrected chi connectivity index (χ1v) is 7.01. The molecule has 0 saturated heterocycles. The molecule has 1 heterocycles. The highest BCUT2D eigenvalue weighted by atomic mass is 35.5. The van der Waals surface area contributed by atoms with Gasteiger partial charge in [0.2, 0.25) is 0 Å². The summed E-state index contributed by atoms with van der Waals surface area (Å²) in [4.78, 5) is 27.0. The van der Waals surface area contributed by atoms with E-state index < -0.39 is 17.7 Å². The van der Waals surface area contributed by atoms with E-state index in [9.17, 15) is 14.0 Å². The Morgan fingerprint density at radius 1 is 1.48 bits per heavy atom. The van der Waals surface area contributed by atoms with E-state index in [4.69, 9.17) is 16.7 Å². The van der Waals surface area contributed by atoms with Gasteiger partial charge in [0.1, 0.15) is 15.7 Å². The van der Waals surface area contributed by atoms with Crippen LogP contribution in [0, 0.1) is 12.7 Å². The maximum absolute atomic E-state index is 13.3. The first kappa shape index (κ1) is 15.4. The summed E-state index contributed by atoms with van der Waals surface area (Å²) in [7, 11) is 0. The minimum Gasteiger partial charge on any atom is -0.477 e. The van der Waals surface area contributed by atoms with Gasteiger partial charge in [-0.1, -0.05) is 17.7 Å². The fraction of sp³-hybridized carbons (Fsp3) is 0.154. The zero-order chi connectivity index (χ0) is 15.6. The molecule has 1 aromatic carbocycles. The number of benzene rings is 1. The van der Waals surface area contributed by atoms with E-state index in [-0.39, 0.29) is 22.0 Å². The number of nitrogens with zero attached hydrogens (tertiary/aromatic N) is 1. The number of aromatic carboxylic acids is 1. The van der Waals surface area contributed by atoms with Gasteiger partial charge in [0, 0.05) is 0 Å². The largest absolute Gasteiger partial charge is 0.477 e. The van der Waals surface area contributed by atoms with Gasteiger partial charge in [-0.05, 0) is 19.1 Å². The van der Waals surface area contributed by atoms with Crippen molar-refractivity contribution in [3.8, 4) is 0 Å². The van der Waals surface area contributed by atoms with Crippen LogP contribution in [0.15, 0.2) is 18.2 Å². The molecule has 8 heteroatoms. The molecular formula is C13H10ClFN2O3S. The standard InChI is InChI=1S/C13H10ClFN2O3S/c1-6-11(13(19)20)21-9(17-6)5-16-12(18)7-3-2-4-8(15)10(7)14/h2-4H,5H2,1H3,(H,16,18)(H,19,20). The lowest BCUT2D eigenvalue weighted by atomic mass is 10.2. The summed E-state index contributed by atoms with van der Waals surface area (Å²) < 4.78 is 13.3. The summed E-state index contributed by atoms with van der Waals surface area (Å²) >= 11 is 6.69. The minimum absolute atomic E-state index is 0.0170. The lowest BCUT2D eigenvalue weighted by Gasteiger charge is -2.05. The number of aromatic nitrogens is 1. The second-order valence-corrected chi connectivity index (χ2v) is 5.57. The van der Waals surface area contributed by atoms with Gasteiger partial charge in [-0.15, -0.1) is 11.3 Å². The maximum atomic E-state index is 13.3. The number of hydrogen-bond acceptors (Lipinski definition) is 4. The molecule has 0 aliphatic carbocycles. The molecule has 0 radical (unpaired) electrons. The Balaban J connectivity index is 2.09. The van der Waals surface area contributed by atoms with Gasteiger partial charge in [-0.2, -0.15) is 0 Å². The molecule has 110 valence electrons. The Morgan fingerprint density at radius 2 is 2.19 bits per heavy atom. The van der Waals surface area contributed by atoms with Gasteiger partial charge in [-0.25, -0.2) is 14.2 Å². The predicted octanol–water partition coefficient (Wildman–Crippen LogP) is 2.87. The van der Waals surface area contributed by atoms with E-state index >= 15 is 0 Å². The lowest BCUT2D eigenvalue weighted by molar-refractivity contribution is 0.0701. The second kappa shape index (κ2) is 6.19. The van der Waals surface area contributed by atoms with Gasteiger partial charge < -0.3 is 10.4 Å². The average Bonchev–Trinajstić information content (AvgIpc) is 2.80. The topological polar surface area (TPSA) is 79.3 Å². The van der Waals surface area contributed by atoms with Gasteiger partial charge in [0.05, 0.1) is 22.8 Å². The van der Waals surface area contributed by atoms with Crippen LogP contribution in [-0.4, -0.2) is 22.0 Å². The van der Waals surface area contributed by atoms with Crippen molar-refractivity contribution in [3.05, 3.63) is 50.2 Å². The summed E-state index contributed by atoms with van der Waals surface area (Å²) in [6.07, 6.45) is 0. The first-order chi connectivity index (χ1) is 9.90. The third-order valence-corrected chi connectivity index (χ3v) is 4.16. The number of thiazole rings is 1. The van der Waals surface area contributed by atoms with Crippen molar-refractivity contribution >= 4 is 34.8 Å². The summed E-state index contributed by atoms with van der Waals surface area (Å²) in [5.74, 6) is -2.29. The number of carbonyl (C=O) groups excluding carboxylic acids is 1. The number of aryl methyl sites for hydroxylation is 1. The van der Waals surface area contributed by atoms with Crippen LogP contribution in [0.4, 0.5) is 4.39 Å². The van der Waals surface area contributed by atoms with Crippen molar-refractivity contribution in [2.24, 2.45) is 0 Å². The number of rotatable bonds is 4. The normalized spacial score (nSPS) is 10.4. The SMILES string of the molecule is Cc1nc(CNC(=O)c2cccc(F)c2Cl)sc1C(=O)O. The van der Waals surface area contributed by atoms with Crippen molar-refractivity contribution in [3.63, 3.8) is 0 Å². The zero-order valence-electron chi connectivity index (χ0n) is 10.8. The molecular weight excluding hydrogens is 319 g/mol. The van der Waals surface area contributed by atoms with Crippen LogP contribution in [0.25, 0.3) is 0 Å². The van der Waals surface area contributed by atoms with Crippen LogP contribution in [-0.2, 0) is 6.54 Å². The molecule has 2 rings (SSSR count). The molecule has 0 atom stereocenters. The maximum Gasteiger partial charge on any atom is 0.347 e. The smallest absolute Gasteiger partial charge is 0.347 e. The highest BCUT2D eigenvalue weighted by Crippen LogP contribution is 2.20. The van der Waals surface area contributed by atoms with Crippen LogP contribution < -0.4 is 5.32 Å². The number of nitrogens with one attached hydrogen (secondary N) is 1. The van der Waals surface area contributed by atoms with Crippen molar-refractivity contribution < 1.29 is 19.1 Å². The number of hydrogen-bond donors (Lipinski definition) is 2. The summed E-state index contributed by atoms with van der Waals surface area (Å²) in [6, 6.07) is 3.94. The van der Waals surface area contributed by atoms with Crippen molar-refractivity contribution in [2.45, 2.75) is 13.5 Å². The second-order valence-electron chi connectivity index (χ2n) is 4.11. The predicted molar refractivity (Wildman–Crippen MR) is 76.4 cm³/mol. The number of carbonyl (C=O) groups is 2. The van der Waals surface area contributed by atoms with Gasteiger partial charge in [-0.3, -0.25) is 4.79 Å². The Bertz CT molecular complexity index is 717. The third-order valence-electron chi connectivity index (χ3n) is 2.63. The van der Waals surface area contributed by atoms with E-state index in [1.54, 1.807) is 6.92 Å². The molecule has 21 heavy (non-hydrogen) atoms. The molecule has 2 N–H and O–H groups in total. The fourth-order valence-corrected chi connectivity index (χ4v) is 2.71. The molecule has 0 fully saturated rings. The van der Waals surface area contributed by atoms with Crippen molar-refractivity contribution in [2.75, 3.05) is 0 Å². The molecule has 2 aromatic rings. The van der Waals surface area contributed by atoms with E-state index in [2.05, 4.69) is 10.3 Å². The van der Waals surface area contributed by atoms with Gasteiger partial charge in [0.15, 0.2) is 0 Å². The molecule has 0 spiro atoms. The first-order valence-electron chi connectivity index (χ1n) is 5.82. The van der Waals surface area contributed by atoms with E-state index in [0.717, 1.165) is 17.4 Å². The van der Waals surface area contributed by atoms with E-state index in [1.807, 2.05) is 0 Å². The molecule has 1 amide bonds. The Hall–Kier alpha value is -1.99. The highest BCUT2D eigenvalue weighted by molar-refractivity contribution is 7.13. The summed E-state index contributed by atoms with van der Waals surface area (Å²) in [5.41, 5.74) is 0.406. The zero-order valence-corrected chi connectivity index (χ0v) is 12.4. The van der Waals surface area contributed by atoms with Crippen LogP contribution >= 0.6 is 22.9 Å². The highest BCUT2D eigenvalue weighted by Gasteiger charge is 2.16. The third kappa shape index (κ3) is 3.37. The summed E-state index contributed by atoms with van der Waals surface area (Å²) in [6.45, 7) is 1.62. The molecule has 0 aliphatic heterocycles. The van der Waals surface area contributed by atoms with Crippen LogP contribution in [0.1, 0.15) is 30.7 Å². The van der Waals surface area contributed by atoms with Gasteiger partial charge in [0.25, 0.3) is 5.91 Å².